The van der Waals surface area contributed by atoms with Crippen LogP contribution in [0.3, 0.4) is 0 Å². The van der Waals surface area contributed by atoms with E-state index in [0.29, 0.717) is 24.8 Å². The summed E-state index contributed by atoms with van der Waals surface area (Å²) >= 11 is 0. The van der Waals surface area contributed by atoms with Crippen molar-refractivity contribution >= 4 is 21.8 Å². The second-order valence-electron chi connectivity index (χ2n) is 7.03. The Morgan fingerprint density at radius 1 is 1.07 bits per heavy atom. The predicted molar refractivity (Wildman–Crippen MR) is 107 cm³/mol. The van der Waals surface area contributed by atoms with Crippen LogP contribution in [0.5, 0.6) is 0 Å². The molecule has 0 radical (unpaired) electrons. The van der Waals surface area contributed by atoms with Gasteiger partial charge in [-0.1, -0.05) is 0 Å². The maximum absolute atomic E-state index is 12.4. The lowest BCUT2D eigenvalue weighted by atomic mass is 10.1. The molecule has 1 fully saturated rings. The molecule has 3 rings (SSSR count). The van der Waals surface area contributed by atoms with Crippen LogP contribution in [0.25, 0.3) is 0 Å². The minimum absolute atomic E-state index is 0.219. The Bertz CT molecular complexity index is 944. The highest BCUT2D eigenvalue weighted by Crippen LogP contribution is 2.26. The van der Waals surface area contributed by atoms with Gasteiger partial charge in [0.15, 0.2) is 0 Å². The average molecular weight is 407 g/mol. The van der Waals surface area contributed by atoms with Crippen LogP contribution >= 0.6 is 0 Å². The monoisotopic (exact) mass is 406 g/mol. The number of anilines is 2. The Balaban J connectivity index is 1.84. The lowest BCUT2D eigenvalue weighted by Gasteiger charge is -2.33. The highest BCUT2D eigenvalue weighted by Gasteiger charge is 2.32. The Kier molecular flexibility index (Phi) is 5.94. The molecule has 1 aliphatic heterocycles. The summed E-state index contributed by atoms with van der Waals surface area (Å²) in [5, 5.41) is 3.21. The van der Waals surface area contributed by atoms with Gasteiger partial charge in [-0.2, -0.15) is 17.0 Å². The normalized spacial score (nSPS) is 18.4. The van der Waals surface area contributed by atoms with Crippen molar-refractivity contribution in [3.8, 4) is 0 Å². The molecule has 0 amide bonds. The van der Waals surface area contributed by atoms with Crippen molar-refractivity contribution in [3.05, 3.63) is 41.0 Å². The molecule has 0 spiro atoms. The molecule has 10 heteroatoms. The van der Waals surface area contributed by atoms with Crippen molar-refractivity contribution in [2.75, 3.05) is 39.1 Å². The lowest BCUT2D eigenvalue weighted by Crippen LogP contribution is -2.47. The minimum Gasteiger partial charge on any atom is -0.369 e. The maximum Gasteiger partial charge on any atom is 0.281 e. The van der Waals surface area contributed by atoms with E-state index in [-0.39, 0.29) is 6.54 Å². The van der Waals surface area contributed by atoms with E-state index < -0.39 is 16.3 Å². The van der Waals surface area contributed by atoms with Gasteiger partial charge in [0.05, 0.1) is 12.3 Å². The number of morpholine rings is 1. The fourth-order valence-corrected chi connectivity index (χ4v) is 4.18. The number of rotatable bonds is 5. The van der Waals surface area contributed by atoms with Crippen molar-refractivity contribution in [2.45, 2.75) is 26.9 Å². The summed E-state index contributed by atoms with van der Waals surface area (Å²) in [5.41, 5.74) is 4.00. The molecule has 9 nitrogen and oxygen atoms in total. The van der Waals surface area contributed by atoms with Crippen LogP contribution in [0.2, 0.25) is 0 Å². The quantitative estimate of drug-likeness (QED) is 0.807. The second kappa shape index (κ2) is 8.08. The fraction of sp³-hybridized carbons (Fsp3) is 0.500. The summed E-state index contributed by atoms with van der Waals surface area (Å²) in [7, 11) is -0.447. The summed E-state index contributed by atoms with van der Waals surface area (Å²) in [4.78, 5) is 13.4. The number of hydrogen-bond donors (Lipinski definition) is 1. The van der Waals surface area contributed by atoms with Gasteiger partial charge in [-0.15, -0.1) is 0 Å². The van der Waals surface area contributed by atoms with E-state index in [0.717, 1.165) is 22.8 Å². The zero-order chi connectivity index (χ0) is 20.5. The van der Waals surface area contributed by atoms with Gasteiger partial charge in [-0.25, -0.2) is 9.97 Å². The maximum atomic E-state index is 12.4. The van der Waals surface area contributed by atoms with Gasteiger partial charge >= 0.3 is 0 Å². The first-order chi connectivity index (χ1) is 13.1. The molecule has 1 N–H and O–H groups in total. The van der Waals surface area contributed by atoms with E-state index in [4.69, 9.17) is 4.74 Å². The fourth-order valence-electron chi connectivity index (χ4n) is 3.09. The summed E-state index contributed by atoms with van der Waals surface area (Å²) in [5.74, 6) is 0.510. The largest absolute Gasteiger partial charge is 0.369 e. The first-order valence-corrected chi connectivity index (χ1v) is 10.4. The molecule has 1 aliphatic rings. The number of ether oxygens (including phenoxy) is 1. The lowest BCUT2D eigenvalue weighted by molar-refractivity contribution is -0.00626. The molecule has 1 atom stereocenters. The molecular weight excluding hydrogens is 380 g/mol. The average Bonchev–Trinajstić information content (AvgIpc) is 2.60. The molecule has 2 aromatic heterocycles. The van der Waals surface area contributed by atoms with E-state index in [1.165, 1.54) is 22.7 Å². The van der Waals surface area contributed by atoms with Crippen molar-refractivity contribution in [1.29, 1.82) is 0 Å². The van der Waals surface area contributed by atoms with Gasteiger partial charge in [-0.05, 0) is 39.0 Å². The number of nitrogens with one attached hydrogen (secondary N) is 1. The van der Waals surface area contributed by atoms with Crippen molar-refractivity contribution in [2.24, 2.45) is 0 Å². The van der Waals surface area contributed by atoms with Crippen LogP contribution < -0.4 is 5.32 Å². The number of pyridine rings is 1. The molecule has 0 bridgehead atoms. The van der Waals surface area contributed by atoms with Crippen molar-refractivity contribution in [1.82, 2.24) is 23.6 Å². The van der Waals surface area contributed by atoms with E-state index in [2.05, 4.69) is 20.3 Å². The van der Waals surface area contributed by atoms with Crippen molar-refractivity contribution < 1.29 is 13.2 Å². The Morgan fingerprint density at radius 3 is 2.36 bits per heavy atom. The molecule has 2 aromatic rings. The molecule has 0 saturated carbocycles. The summed E-state index contributed by atoms with van der Waals surface area (Å²) in [6, 6.07) is 5.65. The number of nitrogens with zero attached hydrogens (tertiary/aromatic N) is 5. The van der Waals surface area contributed by atoms with E-state index >= 15 is 0 Å². The van der Waals surface area contributed by atoms with Gasteiger partial charge in [-0.3, -0.25) is 4.98 Å². The smallest absolute Gasteiger partial charge is 0.281 e. The molecule has 3 heterocycles. The van der Waals surface area contributed by atoms with Crippen LogP contribution in [0.15, 0.2) is 18.2 Å². The van der Waals surface area contributed by atoms with Crippen LogP contribution in [-0.4, -0.2) is 65.8 Å². The molecule has 0 aromatic carbocycles. The Hall–Kier alpha value is -2.14. The first kappa shape index (κ1) is 20.6. The van der Waals surface area contributed by atoms with Crippen LogP contribution in [0, 0.1) is 20.8 Å². The van der Waals surface area contributed by atoms with Crippen LogP contribution in [0.1, 0.15) is 28.9 Å². The second-order valence-corrected chi connectivity index (χ2v) is 9.17. The van der Waals surface area contributed by atoms with E-state index in [1.54, 1.807) is 0 Å². The number of aryl methyl sites for hydroxylation is 3. The molecule has 28 heavy (non-hydrogen) atoms. The topological polar surface area (TPSA) is 101 Å². The molecule has 0 aliphatic carbocycles. The van der Waals surface area contributed by atoms with Gasteiger partial charge in [0.2, 0.25) is 5.95 Å². The highest BCUT2D eigenvalue weighted by molar-refractivity contribution is 7.86. The highest BCUT2D eigenvalue weighted by atomic mass is 32.2. The standard InChI is InChI=1S/C18H26N6O3S/c1-12-8-13(2)21-18(20-12)22-15-9-14(3)19-16(10-15)17-11-24(6-7-27-17)28(25,26)23(4)5/h8-10,17H,6-7,11H2,1-5H3,(H,19,20,21,22). The van der Waals surface area contributed by atoms with Gasteiger partial charge in [0, 0.05) is 50.0 Å². The number of hydrogen-bond acceptors (Lipinski definition) is 7. The summed E-state index contributed by atoms with van der Waals surface area (Å²) in [6.07, 6.45) is -0.441. The predicted octanol–water partition coefficient (Wildman–Crippen LogP) is 1.72. The third-order valence-electron chi connectivity index (χ3n) is 4.36. The van der Waals surface area contributed by atoms with Gasteiger partial charge in [0.1, 0.15) is 6.10 Å². The zero-order valence-electron chi connectivity index (χ0n) is 16.8. The summed E-state index contributed by atoms with van der Waals surface area (Å²) < 4.78 is 33.4. The SMILES string of the molecule is Cc1cc(Nc2nc(C)cc(C)n2)cc(C2CN(S(=O)(=O)N(C)C)CCO2)n1. The molecule has 152 valence electrons. The van der Waals surface area contributed by atoms with Crippen LogP contribution in [-0.2, 0) is 14.9 Å². The third kappa shape index (κ3) is 4.64. The van der Waals surface area contributed by atoms with Crippen LogP contribution in [0.4, 0.5) is 11.6 Å². The van der Waals surface area contributed by atoms with E-state index in [9.17, 15) is 8.42 Å². The zero-order valence-corrected chi connectivity index (χ0v) is 17.6. The first-order valence-electron chi connectivity index (χ1n) is 9.02. The van der Waals surface area contributed by atoms with Crippen molar-refractivity contribution in [3.63, 3.8) is 0 Å². The van der Waals surface area contributed by atoms with Gasteiger partial charge < -0.3 is 10.1 Å². The Labute approximate surface area is 166 Å². The molecular formula is C18H26N6O3S. The summed E-state index contributed by atoms with van der Waals surface area (Å²) in [6.45, 7) is 6.57. The Morgan fingerprint density at radius 2 is 1.71 bits per heavy atom. The van der Waals surface area contributed by atoms with Gasteiger partial charge in [0.25, 0.3) is 10.2 Å². The third-order valence-corrected chi connectivity index (χ3v) is 6.27. The number of aromatic nitrogens is 3. The minimum atomic E-state index is -3.50. The molecule has 1 unspecified atom stereocenters. The van der Waals surface area contributed by atoms with E-state index in [1.807, 2.05) is 39.0 Å². The molecule has 1 saturated heterocycles.